The number of hydrogen-bond acceptors (Lipinski definition) is 1. The average molecular weight is 254 g/mol. The standard InChI is InChI=1S/C10H11Cl3O/c1-14-10-8(12)5-7(3-2-4-11)6-9(10)13/h5-6H,2-4H2,1H3. The third-order valence-corrected chi connectivity index (χ3v) is 2.69. The molecule has 0 unspecified atom stereocenters. The van der Waals surface area contributed by atoms with Crippen LogP contribution in [0.2, 0.25) is 10.0 Å². The molecule has 0 saturated carbocycles. The summed E-state index contributed by atoms with van der Waals surface area (Å²) in [5.74, 6) is 1.17. The van der Waals surface area contributed by atoms with Crippen LogP contribution in [0.1, 0.15) is 12.0 Å². The summed E-state index contributed by atoms with van der Waals surface area (Å²) in [4.78, 5) is 0. The van der Waals surface area contributed by atoms with Gasteiger partial charge in [-0.3, -0.25) is 0 Å². The topological polar surface area (TPSA) is 9.23 Å². The smallest absolute Gasteiger partial charge is 0.156 e. The molecule has 0 spiro atoms. The fourth-order valence-electron chi connectivity index (χ4n) is 1.22. The van der Waals surface area contributed by atoms with E-state index < -0.39 is 0 Å². The second-order valence-electron chi connectivity index (χ2n) is 2.89. The molecule has 1 rings (SSSR count). The van der Waals surface area contributed by atoms with E-state index in [1.54, 1.807) is 7.11 Å². The maximum absolute atomic E-state index is 5.97. The number of methoxy groups -OCH3 is 1. The normalized spacial score (nSPS) is 10.3. The lowest BCUT2D eigenvalue weighted by atomic mass is 10.1. The van der Waals surface area contributed by atoms with Crippen LogP contribution in [0.15, 0.2) is 12.1 Å². The summed E-state index contributed by atoms with van der Waals surface area (Å²) in [5.41, 5.74) is 1.08. The molecule has 0 aromatic heterocycles. The SMILES string of the molecule is COc1c(Cl)cc(CCCCl)cc1Cl. The van der Waals surface area contributed by atoms with Gasteiger partial charge in [0.15, 0.2) is 5.75 Å². The third kappa shape index (κ3) is 2.94. The number of halogens is 3. The molecule has 0 radical (unpaired) electrons. The van der Waals surface area contributed by atoms with E-state index in [1.807, 2.05) is 12.1 Å². The first-order valence-electron chi connectivity index (χ1n) is 4.27. The third-order valence-electron chi connectivity index (χ3n) is 1.86. The summed E-state index contributed by atoms with van der Waals surface area (Å²) in [5, 5.41) is 1.09. The van der Waals surface area contributed by atoms with Gasteiger partial charge in [0.05, 0.1) is 17.2 Å². The van der Waals surface area contributed by atoms with Gasteiger partial charge < -0.3 is 4.74 Å². The molecule has 0 atom stereocenters. The van der Waals surface area contributed by atoms with E-state index in [9.17, 15) is 0 Å². The minimum atomic E-state index is 0.531. The van der Waals surface area contributed by atoms with Crippen molar-refractivity contribution in [2.45, 2.75) is 12.8 Å². The zero-order chi connectivity index (χ0) is 10.6. The second kappa shape index (κ2) is 5.69. The summed E-state index contributed by atoms with van der Waals surface area (Å²) in [6.45, 7) is 0. The van der Waals surface area contributed by atoms with E-state index in [2.05, 4.69) is 0 Å². The van der Waals surface area contributed by atoms with Crippen molar-refractivity contribution in [3.63, 3.8) is 0 Å². The van der Waals surface area contributed by atoms with Gasteiger partial charge in [0.2, 0.25) is 0 Å². The summed E-state index contributed by atoms with van der Waals surface area (Å²) in [7, 11) is 1.55. The molecule has 1 nitrogen and oxygen atoms in total. The Hall–Kier alpha value is -0.110. The molecule has 0 heterocycles. The molecule has 78 valence electrons. The molecule has 0 N–H and O–H groups in total. The maximum Gasteiger partial charge on any atom is 0.156 e. The van der Waals surface area contributed by atoms with Crippen LogP contribution in [0.25, 0.3) is 0 Å². The van der Waals surface area contributed by atoms with Crippen LogP contribution in [0, 0.1) is 0 Å². The first kappa shape index (κ1) is 12.0. The van der Waals surface area contributed by atoms with E-state index in [-0.39, 0.29) is 0 Å². The molecule has 0 amide bonds. The molecule has 0 fully saturated rings. The van der Waals surface area contributed by atoms with Crippen LogP contribution >= 0.6 is 34.8 Å². The second-order valence-corrected chi connectivity index (χ2v) is 4.08. The molecule has 1 aromatic rings. The Labute approximate surface area is 98.9 Å². The van der Waals surface area contributed by atoms with E-state index in [4.69, 9.17) is 39.5 Å². The Morgan fingerprint density at radius 1 is 1.21 bits per heavy atom. The highest BCUT2D eigenvalue weighted by Crippen LogP contribution is 2.34. The van der Waals surface area contributed by atoms with Crippen molar-refractivity contribution < 1.29 is 4.74 Å². The van der Waals surface area contributed by atoms with Crippen LogP contribution < -0.4 is 4.74 Å². The van der Waals surface area contributed by atoms with Gasteiger partial charge in [0.25, 0.3) is 0 Å². The Balaban J connectivity index is 2.90. The van der Waals surface area contributed by atoms with Crippen molar-refractivity contribution in [1.29, 1.82) is 0 Å². The van der Waals surface area contributed by atoms with Gasteiger partial charge in [0.1, 0.15) is 0 Å². The molecule has 0 aliphatic carbocycles. The molecule has 0 aliphatic heterocycles. The lowest BCUT2D eigenvalue weighted by molar-refractivity contribution is 0.415. The number of hydrogen-bond donors (Lipinski definition) is 0. The molecular formula is C10H11Cl3O. The fourth-order valence-corrected chi connectivity index (χ4v) is 2.04. The minimum Gasteiger partial charge on any atom is -0.494 e. The van der Waals surface area contributed by atoms with E-state index in [0.29, 0.717) is 21.7 Å². The number of ether oxygens (including phenoxy) is 1. The van der Waals surface area contributed by atoms with Crippen LogP contribution in [-0.2, 0) is 6.42 Å². The van der Waals surface area contributed by atoms with Crippen molar-refractivity contribution in [1.82, 2.24) is 0 Å². The number of rotatable bonds is 4. The van der Waals surface area contributed by atoms with Gasteiger partial charge in [-0.25, -0.2) is 0 Å². The van der Waals surface area contributed by atoms with Crippen molar-refractivity contribution >= 4 is 34.8 Å². The van der Waals surface area contributed by atoms with Crippen LogP contribution in [-0.4, -0.2) is 13.0 Å². The molecule has 4 heteroatoms. The van der Waals surface area contributed by atoms with Crippen molar-refractivity contribution in [3.8, 4) is 5.75 Å². The monoisotopic (exact) mass is 252 g/mol. The van der Waals surface area contributed by atoms with Gasteiger partial charge in [-0.15, -0.1) is 11.6 Å². The zero-order valence-electron chi connectivity index (χ0n) is 7.82. The summed E-state index contributed by atoms with van der Waals surface area (Å²) < 4.78 is 5.05. The molecule has 1 aromatic carbocycles. The summed E-state index contributed by atoms with van der Waals surface area (Å²) in [6, 6.07) is 3.72. The largest absolute Gasteiger partial charge is 0.494 e. The van der Waals surface area contributed by atoms with Crippen LogP contribution in [0.4, 0.5) is 0 Å². The van der Waals surface area contributed by atoms with Crippen molar-refractivity contribution in [3.05, 3.63) is 27.7 Å². The van der Waals surface area contributed by atoms with Gasteiger partial charge in [-0.05, 0) is 30.5 Å². The summed E-state index contributed by atoms with van der Waals surface area (Å²) >= 11 is 17.5. The first-order valence-corrected chi connectivity index (χ1v) is 5.56. The molecular weight excluding hydrogens is 242 g/mol. The van der Waals surface area contributed by atoms with E-state index >= 15 is 0 Å². The number of aryl methyl sites for hydroxylation is 1. The van der Waals surface area contributed by atoms with Crippen molar-refractivity contribution in [2.24, 2.45) is 0 Å². The number of benzene rings is 1. The van der Waals surface area contributed by atoms with Crippen molar-refractivity contribution in [2.75, 3.05) is 13.0 Å². The highest BCUT2D eigenvalue weighted by molar-refractivity contribution is 6.37. The van der Waals surface area contributed by atoms with Crippen LogP contribution in [0.5, 0.6) is 5.75 Å². The summed E-state index contributed by atoms with van der Waals surface area (Å²) in [6.07, 6.45) is 1.80. The fraction of sp³-hybridized carbons (Fsp3) is 0.400. The molecule has 14 heavy (non-hydrogen) atoms. The predicted molar refractivity (Wildman–Crippen MR) is 62.1 cm³/mol. The quantitative estimate of drug-likeness (QED) is 0.732. The maximum atomic E-state index is 5.97. The first-order chi connectivity index (χ1) is 6.69. The molecule has 0 saturated heterocycles. The highest BCUT2D eigenvalue weighted by atomic mass is 35.5. The lowest BCUT2D eigenvalue weighted by Crippen LogP contribution is -1.90. The van der Waals surface area contributed by atoms with Crippen LogP contribution in [0.3, 0.4) is 0 Å². The van der Waals surface area contributed by atoms with Gasteiger partial charge in [-0.1, -0.05) is 23.2 Å². The Kier molecular flexibility index (Phi) is 4.86. The molecule has 0 aliphatic rings. The minimum absolute atomic E-state index is 0.531. The zero-order valence-corrected chi connectivity index (χ0v) is 10.1. The Bertz CT molecular complexity index is 289. The highest BCUT2D eigenvalue weighted by Gasteiger charge is 2.07. The predicted octanol–water partition coefficient (Wildman–Crippen LogP) is 4.17. The Morgan fingerprint density at radius 2 is 1.79 bits per heavy atom. The molecule has 0 bridgehead atoms. The van der Waals surface area contributed by atoms with Gasteiger partial charge in [-0.2, -0.15) is 0 Å². The van der Waals surface area contributed by atoms with Gasteiger partial charge in [0, 0.05) is 5.88 Å². The number of alkyl halides is 1. The van der Waals surface area contributed by atoms with E-state index in [1.165, 1.54) is 0 Å². The van der Waals surface area contributed by atoms with Gasteiger partial charge >= 0.3 is 0 Å². The van der Waals surface area contributed by atoms with E-state index in [0.717, 1.165) is 18.4 Å². The average Bonchev–Trinajstić information content (AvgIpc) is 2.14. The lowest BCUT2D eigenvalue weighted by Gasteiger charge is -2.08. The Morgan fingerprint density at radius 3 is 2.21 bits per heavy atom.